The summed E-state index contributed by atoms with van der Waals surface area (Å²) in [4.78, 5) is 8.68. The summed E-state index contributed by atoms with van der Waals surface area (Å²) in [7, 11) is 0. The molecule has 3 heteroatoms. The fourth-order valence-corrected chi connectivity index (χ4v) is 0. The van der Waals surface area contributed by atoms with Crippen molar-refractivity contribution in [3.05, 3.63) is 0 Å². The molecule has 0 rings (SSSR count). The maximum atomic E-state index is 8.68. The summed E-state index contributed by atoms with van der Waals surface area (Å²) in [5, 5.41) is 0. The zero-order valence-electron chi connectivity index (χ0n) is 2.60. The molecule has 0 spiro atoms. The first-order valence-electron chi connectivity index (χ1n) is 0.824. The molecule has 0 saturated heterocycles. The van der Waals surface area contributed by atoms with Crippen LogP contribution in [0.25, 0.3) is 0 Å². The quantitative estimate of drug-likeness (QED) is 0.366. The number of halogens is 1. The van der Waals surface area contributed by atoms with E-state index in [0.29, 0.717) is 0 Å². The van der Waals surface area contributed by atoms with Crippen molar-refractivity contribution in [2.45, 2.75) is 6.92 Å². The van der Waals surface area contributed by atoms with Crippen molar-refractivity contribution < 1.29 is 20.4 Å². The van der Waals surface area contributed by atoms with Crippen molar-refractivity contribution >= 4 is 25.8 Å². The second-order valence-corrected chi connectivity index (χ2v) is 0.204. The standard InChI is InChI=1S/C2H3O.HI.Pd/c1-2-3;;/h1H3;1H;/q-1;;+2/p-1. The number of hydrogen-bond donors (Lipinski definition) is 0. The molecule has 0 N–H and O–H groups in total. The molecule has 0 saturated carbocycles. The molecule has 0 amide bonds. The molecule has 34 valence electrons. The summed E-state index contributed by atoms with van der Waals surface area (Å²) in [5.41, 5.74) is 0. The minimum atomic E-state index is 1.32. The normalized spacial score (nSPS) is 4.00. The molecule has 5 heavy (non-hydrogen) atoms. The first kappa shape index (κ1) is 9.41. The van der Waals surface area contributed by atoms with Crippen molar-refractivity contribution in [2.75, 3.05) is 0 Å². The minimum absolute atomic E-state index is 1.32. The molecule has 0 fully saturated rings. The van der Waals surface area contributed by atoms with Crippen molar-refractivity contribution in [3.8, 4) is 0 Å². The molecular weight excluding hydrogens is 273 g/mol. The van der Waals surface area contributed by atoms with E-state index in [-0.39, 0.29) is 0 Å². The van der Waals surface area contributed by atoms with Crippen LogP contribution >= 0.6 is 19.5 Å². The Hall–Kier alpha value is 1.06. The van der Waals surface area contributed by atoms with E-state index in [0.717, 1.165) is 0 Å². The van der Waals surface area contributed by atoms with E-state index in [2.05, 4.69) is 15.6 Å². The van der Waals surface area contributed by atoms with Crippen LogP contribution in [0.4, 0.5) is 0 Å². The van der Waals surface area contributed by atoms with E-state index < -0.39 is 0 Å². The van der Waals surface area contributed by atoms with Crippen LogP contribution in [0.5, 0.6) is 0 Å². The average molecular weight is 276 g/mol. The van der Waals surface area contributed by atoms with Gasteiger partial charge in [0.05, 0.1) is 0 Å². The first-order chi connectivity index (χ1) is 2.41. The maximum absolute atomic E-state index is 8.68. The molecule has 0 radical (unpaired) electrons. The number of carbonyl (C=O) groups excluding carboxylic acids is 1. The average Bonchev–Trinajstić information content (AvgIpc) is 1.46. The van der Waals surface area contributed by atoms with E-state index in [1.807, 2.05) is 19.5 Å². The zero-order chi connectivity index (χ0) is 4.71. The molecule has 0 aromatic carbocycles. The van der Waals surface area contributed by atoms with Gasteiger partial charge in [-0.3, -0.25) is 6.29 Å². The first-order valence-corrected chi connectivity index (χ1v) is 5.45. The molecule has 0 aromatic heterocycles. The fourth-order valence-electron chi connectivity index (χ4n) is 0. The Bertz CT molecular complexity index is 17.1. The van der Waals surface area contributed by atoms with Crippen LogP contribution in [0.3, 0.4) is 0 Å². The molecule has 0 aromatic rings. The van der Waals surface area contributed by atoms with Gasteiger partial charge in [0, 0.05) is 0 Å². The summed E-state index contributed by atoms with van der Waals surface area (Å²) in [6.45, 7) is 1.32. The van der Waals surface area contributed by atoms with Gasteiger partial charge >= 0.3 is 35.1 Å². The SMILES string of the molecule is C[C-]=O.[Pd+][I]. The molecule has 0 unspecified atom stereocenters. The Labute approximate surface area is 52.9 Å². The summed E-state index contributed by atoms with van der Waals surface area (Å²) >= 11 is 4.72. The van der Waals surface area contributed by atoms with Crippen molar-refractivity contribution in [2.24, 2.45) is 0 Å². The Kier molecular flexibility index (Phi) is 37.0. The zero-order valence-corrected chi connectivity index (χ0v) is 6.31. The van der Waals surface area contributed by atoms with Crippen LogP contribution in [-0.4, -0.2) is 6.29 Å². The predicted octanol–water partition coefficient (Wildman–Crippen LogP) is 0.999. The third-order valence-corrected chi connectivity index (χ3v) is 0. The van der Waals surface area contributed by atoms with Crippen LogP contribution in [0.2, 0.25) is 0 Å². The van der Waals surface area contributed by atoms with E-state index in [9.17, 15) is 0 Å². The predicted molar refractivity (Wildman–Crippen MR) is 25.4 cm³/mol. The summed E-state index contributed by atoms with van der Waals surface area (Å²) in [6.07, 6.45) is 1.50. The molecule has 0 aliphatic carbocycles. The Morgan fingerprint density at radius 3 is 1.80 bits per heavy atom. The molecule has 1 nitrogen and oxygen atoms in total. The Morgan fingerprint density at radius 2 is 1.80 bits per heavy atom. The topological polar surface area (TPSA) is 17.1 Å². The fraction of sp³-hybridized carbons (Fsp3) is 0.500. The summed E-state index contributed by atoms with van der Waals surface area (Å²) in [5.74, 6) is 0. The van der Waals surface area contributed by atoms with Gasteiger partial charge in [-0.05, 0) is 0 Å². The van der Waals surface area contributed by atoms with Gasteiger partial charge in [-0.25, -0.2) is 0 Å². The molecule has 0 atom stereocenters. The van der Waals surface area contributed by atoms with Crippen LogP contribution < -0.4 is 0 Å². The number of rotatable bonds is 0. The summed E-state index contributed by atoms with van der Waals surface area (Å²) in [6, 6.07) is 0. The van der Waals surface area contributed by atoms with Crippen molar-refractivity contribution in [3.63, 3.8) is 0 Å². The van der Waals surface area contributed by atoms with E-state index in [1.54, 1.807) is 0 Å². The molecule has 0 aliphatic heterocycles. The van der Waals surface area contributed by atoms with Crippen LogP contribution in [0.1, 0.15) is 6.92 Å². The molecule has 0 aliphatic rings. The van der Waals surface area contributed by atoms with Gasteiger partial charge in [0.2, 0.25) is 0 Å². The molecule has 0 heterocycles. The van der Waals surface area contributed by atoms with Crippen LogP contribution in [-0.2, 0) is 20.4 Å². The van der Waals surface area contributed by atoms with Gasteiger partial charge < -0.3 is 4.79 Å². The van der Waals surface area contributed by atoms with Crippen molar-refractivity contribution in [1.29, 1.82) is 0 Å². The van der Waals surface area contributed by atoms with Crippen LogP contribution in [0, 0.1) is 0 Å². The third kappa shape index (κ3) is 42.1. The van der Waals surface area contributed by atoms with E-state index >= 15 is 0 Å². The van der Waals surface area contributed by atoms with Crippen molar-refractivity contribution in [1.82, 2.24) is 0 Å². The molecule has 0 bridgehead atoms. The van der Waals surface area contributed by atoms with Gasteiger partial charge in [-0.2, -0.15) is 6.92 Å². The van der Waals surface area contributed by atoms with E-state index in [4.69, 9.17) is 4.79 Å². The monoisotopic (exact) mass is 276 g/mol. The van der Waals surface area contributed by atoms with Gasteiger partial charge in [-0.1, -0.05) is 0 Å². The Morgan fingerprint density at radius 1 is 1.80 bits per heavy atom. The van der Waals surface area contributed by atoms with Gasteiger partial charge in [0.1, 0.15) is 0 Å². The van der Waals surface area contributed by atoms with Gasteiger partial charge in [0.25, 0.3) is 0 Å². The molecular formula is C2H3IOPd. The van der Waals surface area contributed by atoms with Crippen LogP contribution in [0.15, 0.2) is 0 Å². The van der Waals surface area contributed by atoms with Gasteiger partial charge in [-0.15, -0.1) is 0 Å². The van der Waals surface area contributed by atoms with Gasteiger partial charge in [0.15, 0.2) is 0 Å². The third-order valence-electron chi connectivity index (χ3n) is 0. The van der Waals surface area contributed by atoms with E-state index in [1.165, 1.54) is 13.2 Å². The summed E-state index contributed by atoms with van der Waals surface area (Å²) < 4.78 is 0. The second kappa shape index (κ2) is 19.6. The number of hydrogen-bond acceptors (Lipinski definition) is 1. The second-order valence-electron chi connectivity index (χ2n) is 0.204. The Balaban J connectivity index is 0.